The summed E-state index contributed by atoms with van der Waals surface area (Å²) in [6.07, 6.45) is 5.25. The minimum Gasteiger partial charge on any atom is -0.478 e. The highest BCUT2D eigenvalue weighted by molar-refractivity contribution is 5.98. The lowest BCUT2D eigenvalue weighted by Crippen LogP contribution is -2.36. The molecule has 20 heavy (non-hydrogen) atoms. The van der Waals surface area contributed by atoms with Gasteiger partial charge in [-0.05, 0) is 26.0 Å². The van der Waals surface area contributed by atoms with Crippen LogP contribution in [0.5, 0.6) is 0 Å². The lowest BCUT2D eigenvalue weighted by atomic mass is 10.1. The molecular weight excluding hydrogens is 260 g/mol. The molecule has 0 spiro atoms. The molecule has 1 aromatic heterocycles. The zero-order chi connectivity index (χ0) is 15.0. The molecule has 1 heterocycles. The lowest BCUT2D eigenvalue weighted by Gasteiger charge is -2.14. The maximum absolute atomic E-state index is 12.1. The summed E-state index contributed by atoms with van der Waals surface area (Å²) in [7, 11) is 0. The Morgan fingerprint density at radius 3 is 2.95 bits per heavy atom. The van der Waals surface area contributed by atoms with E-state index in [0.29, 0.717) is 24.3 Å². The number of hydrogen-bond donors (Lipinski definition) is 2. The maximum Gasteiger partial charge on any atom is 0.328 e. The second-order valence-electron chi connectivity index (χ2n) is 4.17. The predicted molar refractivity (Wildman–Crippen MR) is 74.3 cm³/mol. The van der Waals surface area contributed by atoms with E-state index in [-0.39, 0.29) is 11.9 Å². The molecule has 108 valence electrons. The summed E-state index contributed by atoms with van der Waals surface area (Å²) in [5.74, 6) is -1.37. The molecule has 1 atom stereocenters. The SMILES string of the molecule is CCOCC(C)NC(=O)c1ccncc1C=CC(=O)O. The fraction of sp³-hybridized carbons (Fsp3) is 0.357. The van der Waals surface area contributed by atoms with Gasteiger partial charge in [0.15, 0.2) is 0 Å². The van der Waals surface area contributed by atoms with Gasteiger partial charge in [0, 0.05) is 42.2 Å². The molecule has 6 heteroatoms. The fourth-order valence-corrected chi connectivity index (χ4v) is 1.55. The number of aliphatic carboxylic acids is 1. The zero-order valence-corrected chi connectivity index (χ0v) is 11.5. The van der Waals surface area contributed by atoms with Crippen molar-refractivity contribution >= 4 is 18.0 Å². The van der Waals surface area contributed by atoms with Gasteiger partial charge in [-0.2, -0.15) is 0 Å². The lowest BCUT2D eigenvalue weighted by molar-refractivity contribution is -0.131. The summed E-state index contributed by atoms with van der Waals surface area (Å²) in [6, 6.07) is 1.41. The summed E-state index contributed by atoms with van der Waals surface area (Å²) >= 11 is 0. The molecule has 0 aliphatic heterocycles. The van der Waals surface area contributed by atoms with Crippen molar-refractivity contribution in [3.8, 4) is 0 Å². The second-order valence-corrected chi connectivity index (χ2v) is 4.17. The van der Waals surface area contributed by atoms with E-state index in [4.69, 9.17) is 9.84 Å². The molecule has 0 aliphatic carbocycles. The van der Waals surface area contributed by atoms with Crippen LogP contribution in [0, 0.1) is 0 Å². The molecular formula is C14H18N2O4. The van der Waals surface area contributed by atoms with E-state index in [1.165, 1.54) is 18.5 Å². The number of carboxylic acid groups (broad SMARTS) is 1. The van der Waals surface area contributed by atoms with Crippen LogP contribution < -0.4 is 5.32 Å². The number of pyridine rings is 1. The van der Waals surface area contributed by atoms with Gasteiger partial charge in [0.05, 0.1) is 6.61 Å². The van der Waals surface area contributed by atoms with Crippen molar-refractivity contribution in [2.45, 2.75) is 19.9 Å². The molecule has 2 N–H and O–H groups in total. The Bertz CT molecular complexity index is 500. The first-order valence-electron chi connectivity index (χ1n) is 6.28. The number of rotatable bonds is 7. The van der Waals surface area contributed by atoms with E-state index in [1.54, 1.807) is 6.07 Å². The first-order chi connectivity index (χ1) is 9.54. The van der Waals surface area contributed by atoms with Crippen LogP contribution in [-0.2, 0) is 9.53 Å². The highest BCUT2D eigenvalue weighted by Gasteiger charge is 2.12. The highest BCUT2D eigenvalue weighted by Crippen LogP contribution is 2.09. The second kappa shape index (κ2) is 8.06. The number of aromatic nitrogens is 1. The quantitative estimate of drug-likeness (QED) is 0.735. The average Bonchev–Trinajstić information content (AvgIpc) is 2.43. The van der Waals surface area contributed by atoms with Crippen LogP contribution in [0.15, 0.2) is 24.5 Å². The van der Waals surface area contributed by atoms with Crippen molar-refractivity contribution in [1.29, 1.82) is 0 Å². The summed E-state index contributed by atoms with van der Waals surface area (Å²) in [4.78, 5) is 26.5. The van der Waals surface area contributed by atoms with Crippen molar-refractivity contribution < 1.29 is 19.4 Å². The molecule has 6 nitrogen and oxygen atoms in total. The van der Waals surface area contributed by atoms with Crippen molar-refractivity contribution in [2.24, 2.45) is 0 Å². The molecule has 1 rings (SSSR count). The molecule has 0 aliphatic rings. The third-order valence-electron chi connectivity index (χ3n) is 2.45. The Kier molecular flexibility index (Phi) is 6.39. The van der Waals surface area contributed by atoms with Crippen molar-refractivity contribution in [2.75, 3.05) is 13.2 Å². The molecule has 1 unspecified atom stereocenters. The maximum atomic E-state index is 12.1. The third kappa shape index (κ3) is 5.19. The first-order valence-corrected chi connectivity index (χ1v) is 6.28. The topological polar surface area (TPSA) is 88.5 Å². The molecule has 1 aromatic rings. The largest absolute Gasteiger partial charge is 0.478 e. The summed E-state index contributed by atoms with van der Waals surface area (Å²) in [6.45, 7) is 4.73. The summed E-state index contributed by atoms with van der Waals surface area (Å²) < 4.78 is 5.22. The number of nitrogens with zero attached hydrogens (tertiary/aromatic N) is 1. The smallest absolute Gasteiger partial charge is 0.328 e. The summed E-state index contributed by atoms with van der Waals surface area (Å²) in [5, 5.41) is 11.4. The van der Waals surface area contributed by atoms with Gasteiger partial charge in [0.2, 0.25) is 0 Å². The minimum absolute atomic E-state index is 0.132. The van der Waals surface area contributed by atoms with E-state index >= 15 is 0 Å². The standard InChI is InChI=1S/C14H18N2O4/c1-3-20-9-10(2)16-14(19)12-6-7-15-8-11(12)4-5-13(17)18/h4-8,10H,3,9H2,1-2H3,(H,16,19)(H,17,18). The van der Waals surface area contributed by atoms with E-state index in [0.717, 1.165) is 6.08 Å². The number of hydrogen-bond acceptors (Lipinski definition) is 4. The van der Waals surface area contributed by atoms with Crippen molar-refractivity contribution in [3.05, 3.63) is 35.7 Å². The molecule has 0 fully saturated rings. The molecule has 1 amide bonds. The number of carboxylic acids is 1. The van der Waals surface area contributed by atoms with Crippen molar-refractivity contribution in [3.63, 3.8) is 0 Å². The van der Waals surface area contributed by atoms with Gasteiger partial charge in [0.25, 0.3) is 5.91 Å². The third-order valence-corrected chi connectivity index (χ3v) is 2.45. The monoisotopic (exact) mass is 278 g/mol. The number of ether oxygens (including phenoxy) is 1. The van der Waals surface area contributed by atoms with E-state index in [1.807, 2.05) is 13.8 Å². The Balaban J connectivity index is 2.79. The van der Waals surface area contributed by atoms with Gasteiger partial charge in [-0.3, -0.25) is 9.78 Å². The van der Waals surface area contributed by atoms with Crippen molar-refractivity contribution in [1.82, 2.24) is 10.3 Å². The Hall–Kier alpha value is -2.21. The van der Waals surface area contributed by atoms with Crippen LogP contribution in [0.1, 0.15) is 29.8 Å². The molecule has 0 aromatic carbocycles. The van der Waals surface area contributed by atoms with Gasteiger partial charge in [-0.15, -0.1) is 0 Å². The van der Waals surface area contributed by atoms with Crippen LogP contribution >= 0.6 is 0 Å². The van der Waals surface area contributed by atoms with Gasteiger partial charge in [-0.1, -0.05) is 0 Å². The summed E-state index contributed by atoms with van der Waals surface area (Å²) in [5.41, 5.74) is 0.830. The Labute approximate surface area is 117 Å². The van der Waals surface area contributed by atoms with Crippen LogP contribution in [0.3, 0.4) is 0 Å². The number of amides is 1. The first kappa shape index (κ1) is 15.8. The van der Waals surface area contributed by atoms with Gasteiger partial charge < -0.3 is 15.2 Å². The van der Waals surface area contributed by atoms with Gasteiger partial charge in [-0.25, -0.2) is 4.79 Å². The fourth-order valence-electron chi connectivity index (χ4n) is 1.55. The molecule has 0 radical (unpaired) electrons. The van der Waals surface area contributed by atoms with E-state index in [9.17, 15) is 9.59 Å². The zero-order valence-electron chi connectivity index (χ0n) is 11.5. The highest BCUT2D eigenvalue weighted by atomic mass is 16.5. The van der Waals surface area contributed by atoms with Crippen LogP contribution in [-0.4, -0.2) is 41.2 Å². The molecule has 0 saturated heterocycles. The van der Waals surface area contributed by atoms with Crippen LogP contribution in [0.25, 0.3) is 6.08 Å². The molecule has 0 bridgehead atoms. The van der Waals surface area contributed by atoms with Crippen LogP contribution in [0.2, 0.25) is 0 Å². The average molecular weight is 278 g/mol. The minimum atomic E-state index is -1.08. The van der Waals surface area contributed by atoms with Gasteiger partial charge in [0.1, 0.15) is 0 Å². The predicted octanol–water partition coefficient (Wildman–Crippen LogP) is 1.33. The van der Waals surface area contributed by atoms with Crippen LogP contribution in [0.4, 0.5) is 0 Å². The van der Waals surface area contributed by atoms with Gasteiger partial charge >= 0.3 is 5.97 Å². The number of nitrogens with one attached hydrogen (secondary N) is 1. The molecule has 0 saturated carbocycles. The normalized spacial score (nSPS) is 12.3. The van der Waals surface area contributed by atoms with E-state index in [2.05, 4.69) is 10.3 Å². The van der Waals surface area contributed by atoms with E-state index < -0.39 is 5.97 Å². The number of carbonyl (C=O) groups is 2. The Morgan fingerprint density at radius 1 is 1.55 bits per heavy atom. The number of carbonyl (C=O) groups excluding carboxylic acids is 1. The Morgan fingerprint density at radius 2 is 2.30 bits per heavy atom.